The molecule has 0 nitrogen and oxygen atoms in total. The lowest BCUT2D eigenvalue weighted by molar-refractivity contribution is 0.364. The first-order chi connectivity index (χ1) is 10.8. The third-order valence-electron chi connectivity index (χ3n) is 4.04. The van der Waals surface area contributed by atoms with Crippen LogP contribution in [-0.2, 0) is 0 Å². The summed E-state index contributed by atoms with van der Waals surface area (Å²) in [4.78, 5) is 0. The predicted molar refractivity (Wildman–Crippen MR) is 122 cm³/mol. The summed E-state index contributed by atoms with van der Waals surface area (Å²) in [6.07, 6.45) is 5.82. The van der Waals surface area contributed by atoms with Gasteiger partial charge in [0.15, 0.2) is 0 Å². The van der Waals surface area contributed by atoms with Gasteiger partial charge in [0.05, 0.1) is 0 Å². The van der Waals surface area contributed by atoms with Crippen LogP contribution in [-0.4, -0.2) is 56.5 Å². The van der Waals surface area contributed by atoms with Crippen molar-refractivity contribution >= 4 is 72.3 Å². The normalized spacial score (nSPS) is 23.6. The highest BCUT2D eigenvalue weighted by molar-refractivity contribution is 8.04. The molecule has 0 saturated heterocycles. The van der Waals surface area contributed by atoms with Crippen LogP contribution in [0.3, 0.4) is 0 Å². The first-order valence-corrected chi connectivity index (χ1v) is 14.1. The molecule has 1 fully saturated rings. The molecule has 0 aromatic rings. The Labute approximate surface area is 166 Å². The zero-order chi connectivity index (χ0) is 16.0. The van der Waals surface area contributed by atoms with Crippen LogP contribution in [0.15, 0.2) is 0 Å². The lowest BCUT2D eigenvalue weighted by Gasteiger charge is -2.31. The van der Waals surface area contributed by atoms with E-state index in [2.05, 4.69) is 67.5 Å². The third kappa shape index (κ3) is 10.9. The van der Waals surface area contributed by atoms with Gasteiger partial charge in [0.1, 0.15) is 0 Å². The maximum atomic E-state index is 4.26. The molecule has 1 atom stereocenters. The molecule has 0 N–H and O–H groups in total. The van der Waals surface area contributed by atoms with Crippen LogP contribution in [0.5, 0.6) is 0 Å². The number of hydrogen-bond acceptors (Lipinski definition) is 6. The average molecular weight is 417 g/mol. The number of thiol groups is 2. The van der Waals surface area contributed by atoms with E-state index in [-0.39, 0.29) is 0 Å². The highest BCUT2D eigenvalue weighted by atomic mass is 32.2. The molecule has 132 valence electrons. The highest BCUT2D eigenvalue weighted by Gasteiger charge is 2.25. The Morgan fingerprint density at radius 3 is 2.00 bits per heavy atom. The van der Waals surface area contributed by atoms with E-state index >= 15 is 0 Å². The second kappa shape index (κ2) is 15.4. The predicted octanol–water partition coefficient (Wildman–Crippen LogP) is 5.73. The van der Waals surface area contributed by atoms with Crippen molar-refractivity contribution in [3.05, 3.63) is 0 Å². The van der Waals surface area contributed by atoms with Crippen LogP contribution in [0.25, 0.3) is 0 Å². The lowest BCUT2D eigenvalue weighted by atomic mass is 9.87. The van der Waals surface area contributed by atoms with Crippen molar-refractivity contribution in [1.29, 1.82) is 0 Å². The summed E-state index contributed by atoms with van der Waals surface area (Å²) in [6, 6.07) is 0. The molecular weight excluding hydrogens is 385 g/mol. The third-order valence-corrected chi connectivity index (χ3v) is 10.3. The highest BCUT2D eigenvalue weighted by Crippen LogP contribution is 2.37. The molecule has 0 heterocycles. The fourth-order valence-electron chi connectivity index (χ4n) is 2.76. The van der Waals surface area contributed by atoms with Gasteiger partial charge in [-0.2, -0.15) is 72.3 Å². The number of thioether (sulfide) groups is 4. The van der Waals surface area contributed by atoms with Crippen molar-refractivity contribution in [2.75, 3.05) is 46.0 Å². The molecule has 0 aliphatic heterocycles. The number of hydrogen-bond donors (Lipinski definition) is 2. The molecule has 22 heavy (non-hydrogen) atoms. The molecule has 1 rings (SSSR count). The Morgan fingerprint density at radius 1 is 0.818 bits per heavy atom. The van der Waals surface area contributed by atoms with E-state index in [9.17, 15) is 0 Å². The minimum atomic E-state index is 0.855. The minimum absolute atomic E-state index is 0.855. The summed E-state index contributed by atoms with van der Waals surface area (Å²) in [6.45, 7) is 2.46. The molecular formula is C16H32S6. The van der Waals surface area contributed by atoms with E-state index in [0.717, 1.165) is 27.9 Å². The topological polar surface area (TPSA) is 0 Å². The van der Waals surface area contributed by atoms with E-state index in [1.807, 2.05) is 11.8 Å². The molecule has 1 saturated carbocycles. The van der Waals surface area contributed by atoms with E-state index in [0.29, 0.717) is 0 Å². The first-order valence-electron chi connectivity index (χ1n) is 8.38. The molecule has 6 heteroatoms. The van der Waals surface area contributed by atoms with Gasteiger partial charge < -0.3 is 0 Å². The molecule has 1 aliphatic carbocycles. The van der Waals surface area contributed by atoms with E-state index in [1.54, 1.807) is 0 Å². The smallest absolute Gasteiger partial charge is 0.00475 e. The van der Waals surface area contributed by atoms with Gasteiger partial charge in [-0.1, -0.05) is 6.92 Å². The van der Waals surface area contributed by atoms with Gasteiger partial charge >= 0.3 is 0 Å². The molecule has 0 radical (unpaired) electrons. The Hall–Kier alpha value is 2.10. The fraction of sp³-hybridized carbons (Fsp3) is 1.00. The van der Waals surface area contributed by atoms with Crippen molar-refractivity contribution in [3.63, 3.8) is 0 Å². The summed E-state index contributed by atoms with van der Waals surface area (Å²) < 4.78 is 0. The van der Waals surface area contributed by atoms with Gasteiger partial charge in [-0.3, -0.25) is 0 Å². The van der Waals surface area contributed by atoms with E-state index < -0.39 is 0 Å². The lowest BCUT2D eigenvalue weighted by Crippen LogP contribution is -2.23. The monoisotopic (exact) mass is 416 g/mol. The summed E-state index contributed by atoms with van der Waals surface area (Å²) in [5.74, 6) is 10.7. The zero-order valence-electron chi connectivity index (χ0n) is 13.7. The average Bonchev–Trinajstić information content (AvgIpc) is 2.55. The SMILES string of the molecule is CC(SCCSCCS)C1CCC(SCCSCCS)CC1. The summed E-state index contributed by atoms with van der Waals surface area (Å²) in [5, 5.41) is 1.80. The molecule has 0 bridgehead atoms. The maximum absolute atomic E-state index is 4.26. The fourth-order valence-corrected chi connectivity index (χ4v) is 7.77. The summed E-state index contributed by atoms with van der Waals surface area (Å²) in [5.41, 5.74) is 0. The Kier molecular flexibility index (Phi) is 15.5. The van der Waals surface area contributed by atoms with Crippen molar-refractivity contribution in [1.82, 2.24) is 0 Å². The molecule has 1 unspecified atom stereocenters. The van der Waals surface area contributed by atoms with Gasteiger partial charge in [-0.25, -0.2) is 0 Å². The van der Waals surface area contributed by atoms with Crippen molar-refractivity contribution in [3.8, 4) is 0 Å². The summed E-state index contributed by atoms with van der Waals surface area (Å²) >= 11 is 17.0. The van der Waals surface area contributed by atoms with Crippen LogP contribution in [0, 0.1) is 5.92 Å². The second-order valence-corrected chi connectivity index (χ2v) is 11.9. The largest absolute Gasteiger partial charge is 0.179 e. The van der Waals surface area contributed by atoms with Gasteiger partial charge in [0, 0.05) is 45.0 Å². The van der Waals surface area contributed by atoms with Crippen molar-refractivity contribution in [2.45, 2.75) is 43.1 Å². The van der Waals surface area contributed by atoms with Crippen LogP contribution in [0.4, 0.5) is 0 Å². The molecule has 0 amide bonds. The molecule has 0 aromatic heterocycles. The van der Waals surface area contributed by atoms with Gasteiger partial charge in [-0.05, 0) is 43.1 Å². The number of rotatable bonds is 13. The standard InChI is InChI=1S/C16H32S6/c1-14(21-12-10-19-8-6-17)15-2-4-16(5-3-15)22-13-11-20-9-7-18/h14-18H,2-13H2,1H3. The Balaban J connectivity index is 2.01. The maximum Gasteiger partial charge on any atom is 0.00475 e. The van der Waals surface area contributed by atoms with Crippen molar-refractivity contribution in [2.24, 2.45) is 5.92 Å². The zero-order valence-corrected chi connectivity index (χ0v) is 18.8. The first kappa shape index (κ1) is 22.1. The summed E-state index contributed by atoms with van der Waals surface area (Å²) in [7, 11) is 0. The molecule has 1 aliphatic rings. The van der Waals surface area contributed by atoms with Gasteiger partial charge in [0.2, 0.25) is 0 Å². The van der Waals surface area contributed by atoms with Crippen LogP contribution in [0.1, 0.15) is 32.6 Å². The van der Waals surface area contributed by atoms with E-state index in [4.69, 9.17) is 0 Å². The van der Waals surface area contributed by atoms with Crippen molar-refractivity contribution < 1.29 is 0 Å². The van der Waals surface area contributed by atoms with Crippen LogP contribution in [0.2, 0.25) is 0 Å². The van der Waals surface area contributed by atoms with E-state index in [1.165, 1.54) is 60.2 Å². The minimum Gasteiger partial charge on any atom is -0.179 e. The quantitative estimate of drug-likeness (QED) is 0.291. The Bertz CT molecular complexity index is 243. The second-order valence-electron chi connectivity index (χ2n) is 5.66. The molecule has 0 spiro atoms. The van der Waals surface area contributed by atoms with Crippen LogP contribution >= 0.6 is 72.3 Å². The van der Waals surface area contributed by atoms with Gasteiger partial charge in [-0.15, -0.1) is 0 Å². The Morgan fingerprint density at radius 2 is 1.41 bits per heavy atom. The van der Waals surface area contributed by atoms with Crippen LogP contribution < -0.4 is 0 Å². The molecule has 0 aromatic carbocycles. The van der Waals surface area contributed by atoms with Gasteiger partial charge in [0.25, 0.3) is 0 Å².